The Labute approximate surface area is 165 Å². The number of aryl methyl sites for hydroxylation is 2. The topological polar surface area (TPSA) is 96.3 Å². The molecule has 1 aliphatic rings. The number of methoxy groups -OCH3 is 1. The molecule has 0 saturated heterocycles. The zero-order valence-corrected chi connectivity index (χ0v) is 16.4. The first-order valence-electron chi connectivity index (χ1n) is 8.67. The largest absolute Gasteiger partial charge is 0.493 e. The number of anilines is 1. The molecule has 1 amide bonds. The highest BCUT2D eigenvalue weighted by molar-refractivity contribution is 7.21. The van der Waals surface area contributed by atoms with E-state index in [4.69, 9.17) is 14.7 Å². The maximum absolute atomic E-state index is 12.7. The lowest BCUT2D eigenvalue weighted by molar-refractivity contribution is 0.0940. The van der Waals surface area contributed by atoms with Crippen molar-refractivity contribution in [3.05, 3.63) is 46.0 Å². The van der Waals surface area contributed by atoms with Gasteiger partial charge < -0.3 is 20.1 Å². The molecule has 3 aromatic rings. The molecule has 0 bridgehead atoms. The summed E-state index contributed by atoms with van der Waals surface area (Å²) in [5.74, 6) is 0.841. The molecule has 0 spiro atoms. The van der Waals surface area contributed by atoms with Crippen molar-refractivity contribution in [2.45, 2.75) is 20.0 Å². The third-order valence-electron chi connectivity index (χ3n) is 4.57. The molecule has 0 saturated carbocycles. The number of nitrogens with one attached hydrogen (secondary N) is 2. The molecule has 1 aromatic carbocycles. The second-order valence-corrected chi connectivity index (χ2v) is 7.47. The molecule has 8 heteroatoms. The number of thiophene rings is 1. The first kappa shape index (κ1) is 18.1. The first-order chi connectivity index (χ1) is 13.5. The molecule has 1 aliphatic heterocycles. The van der Waals surface area contributed by atoms with Crippen molar-refractivity contribution in [2.24, 2.45) is 0 Å². The SMILES string of the molecule is COc1cc(C2NC(=O)c3sc4nc(C)cc(C)c4c3N2)ccc1OCC#N. The highest BCUT2D eigenvalue weighted by Crippen LogP contribution is 2.41. The second kappa shape index (κ2) is 7.02. The summed E-state index contributed by atoms with van der Waals surface area (Å²) in [5, 5.41) is 16.1. The summed E-state index contributed by atoms with van der Waals surface area (Å²) in [4.78, 5) is 18.8. The zero-order valence-electron chi connectivity index (χ0n) is 15.6. The molecule has 2 aromatic heterocycles. The van der Waals surface area contributed by atoms with Crippen LogP contribution < -0.4 is 20.1 Å². The molecule has 1 unspecified atom stereocenters. The minimum absolute atomic E-state index is 0.0654. The fourth-order valence-corrected chi connectivity index (χ4v) is 4.54. The summed E-state index contributed by atoms with van der Waals surface area (Å²) < 4.78 is 10.7. The van der Waals surface area contributed by atoms with Gasteiger partial charge >= 0.3 is 0 Å². The van der Waals surface area contributed by atoms with E-state index in [0.717, 1.165) is 32.7 Å². The number of fused-ring (bicyclic) bond motifs is 3. The molecule has 0 aliphatic carbocycles. The van der Waals surface area contributed by atoms with E-state index in [2.05, 4.69) is 15.6 Å². The molecule has 2 N–H and O–H groups in total. The summed E-state index contributed by atoms with van der Waals surface area (Å²) in [5.41, 5.74) is 3.64. The van der Waals surface area contributed by atoms with Gasteiger partial charge in [0.2, 0.25) is 0 Å². The molecule has 0 radical (unpaired) electrons. The van der Waals surface area contributed by atoms with E-state index in [9.17, 15) is 4.79 Å². The highest BCUT2D eigenvalue weighted by atomic mass is 32.1. The summed E-state index contributed by atoms with van der Waals surface area (Å²) >= 11 is 1.39. The number of hydrogen-bond acceptors (Lipinski definition) is 7. The van der Waals surface area contributed by atoms with Crippen LogP contribution in [0.4, 0.5) is 5.69 Å². The first-order valence-corrected chi connectivity index (χ1v) is 9.49. The fraction of sp³-hybridized carbons (Fsp3) is 0.250. The number of rotatable bonds is 4. The summed E-state index contributed by atoms with van der Waals surface area (Å²) in [6, 6.07) is 9.31. The Hall–Kier alpha value is -3.31. The van der Waals surface area contributed by atoms with Crippen LogP contribution in [0.3, 0.4) is 0 Å². The predicted molar refractivity (Wildman–Crippen MR) is 107 cm³/mol. The van der Waals surface area contributed by atoms with Crippen LogP contribution in [0.1, 0.15) is 32.7 Å². The minimum atomic E-state index is -0.419. The Morgan fingerprint density at radius 2 is 2.07 bits per heavy atom. The van der Waals surface area contributed by atoms with E-state index in [-0.39, 0.29) is 12.5 Å². The van der Waals surface area contributed by atoms with E-state index in [1.54, 1.807) is 12.1 Å². The van der Waals surface area contributed by atoms with Crippen molar-refractivity contribution in [2.75, 3.05) is 19.0 Å². The Morgan fingerprint density at radius 1 is 1.25 bits per heavy atom. The van der Waals surface area contributed by atoms with Crippen molar-refractivity contribution >= 4 is 33.1 Å². The third kappa shape index (κ3) is 3.00. The fourth-order valence-electron chi connectivity index (χ4n) is 3.38. The summed E-state index contributed by atoms with van der Waals surface area (Å²) in [6.07, 6.45) is -0.419. The Balaban J connectivity index is 1.73. The van der Waals surface area contributed by atoms with Crippen LogP contribution in [-0.2, 0) is 0 Å². The van der Waals surface area contributed by atoms with Gasteiger partial charge in [-0.3, -0.25) is 4.79 Å². The molecular weight excluding hydrogens is 376 g/mol. The summed E-state index contributed by atoms with van der Waals surface area (Å²) in [6.45, 7) is 3.91. The van der Waals surface area contributed by atoms with Gasteiger partial charge in [-0.05, 0) is 43.2 Å². The Kier molecular flexibility index (Phi) is 4.53. The second-order valence-electron chi connectivity index (χ2n) is 6.47. The lowest BCUT2D eigenvalue weighted by Crippen LogP contribution is -2.37. The van der Waals surface area contributed by atoms with Gasteiger partial charge in [-0.1, -0.05) is 6.07 Å². The number of amides is 1. The Morgan fingerprint density at radius 3 is 2.82 bits per heavy atom. The number of hydrogen-bond donors (Lipinski definition) is 2. The average molecular weight is 394 g/mol. The third-order valence-corrected chi connectivity index (χ3v) is 5.65. The van der Waals surface area contributed by atoms with Gasteiger partial charge in [0.1, 0.15) is 21.9 Å². The van der Waals surface area contributed by atoms with Crippen LogP contribution in [0.5, 0.6) is 11.5 Å². The van der Waals surface area contributed by atoms with Gasteiger partial charge in [-0.25, -0.2) is 4.98 Å². The minimum Gasteiger partial charge on any atom is -0.493 e. The van der Waals surface area contributed by atoms with E-state index in [1.165, 1.54) is 18.4 Å². The average Bonchev–Trinajstić information content (AvgIpc) is 3.05. The van der Waals surface area contributed by atoms with Crippen LogP contribution >= 0.6 is 11.3 Å². The molecule has 142 valence electrons. The number of benzene rings is 1. The van der Waals surface area contributed by atoms with Crippen molar-refractivity contribution in [3.63, 3.8) is 0 Å². The number of carbonyl (C=O) groups is 1. The van der Waals surface area contributed by atoms with Gasteiger partial charge in [-0.2, -0.15) is 5.26 Å². The normalized spacial score (nSPS) is 15.4. The van der Waals surface area contributed by atoms with Gasteiger partial charge in [0.15, 0.2) is 18.1 Å². The van der Waals surface area contributed by atoms with Gasteiger partial charge in [-0.15, -0.1) is 11.3 Å². The van der Waals surface area contributed by atoms with Crippen LogP contribution in [0, 0.1) is 25.2 Å². The van der Waals surface area contributed by atoms with Crippen molar-refractivity contribution in [1.82, 2.24) is 10.3 Å². The summed E-state index contributed by atoms with van der Waals surface area (Å²) in [7, 11) is 1.53. The number of nitriles is 1. The molecule has 28 heavy (non-hydrogen) atoms. The smallest absolute Gasteiger partial charge is 0.265 e. The maximum Gasteiger partial charge on any atom is 0.265 e. The number of pyridine rings is 1. The molecule has 7 nitrogen and oxygen atoms in total. The monoisotopic (exact) mass is 394 g/mol. The van der Waals surface area contributed by atoms with Crippen molar-refractivity contribution in [1.29, 1.82) is 5.26 Å². The van der Waals surface area contributed by atoms with Crippen LogP contribution in [0.25, 0.3) is 10.2 Å². The van der Waals surface area contributed by atoms with E-state index < -0.39 is 6.17 Å². The quantitative estimate of drug-likeness (QED) is 0.701. The molecule has 3 heterocycles. The number of carbonyl (C=O) groups excluding carboxylic acids is 1. The van der Waals surface area contributed by atoms with Gasteiger partial charge in [0.25, 0.3) is 5.91 Å². The van der Waals surface area contributed by atoms with Crippen molar-refractivity contribution in [3.8, 4) is 17.6 Å². The van der Waals surface area contributed by atoms with Gasteiger partial charge in [0.05, 0.1) is 12.8 Å². The lowest BCUT2D eigenvalue weighted by atomic mass is 10.1. The predicted octanol–water partition coefficient (Wildman–Crippen LogP) is 3.68. The molecule has 1 atom stereocenters. The van der Waals surface area contributed by atoms with Crippen LogP contribution in [-0.4, -0.2) is 24.6 Å². The zero-order chi connectivity index (χ0) is 19.8. The number of nitrogens with zero attached hydrogens (tertiary/aromatic N) is 2. The Bertz CT molecular complexity index is 1130. The number of ether oxygens (including phenoxy) is 2. The molecular formula is C20H18N4O3S. The highest BCUT2D eigenvalue weighted by Gasteiger charge is 2.30. The van der Waals surface area contributed by atoms with Gasteiger partial charge in [0, 0.05) is 11.1 Å². The van der Waals surface area contributed by atoms with Crippen molar-refractivity contribution < 1.29 is 14.3 Å². The van der Waals surface area contributed by atoms with E-state index >= 15 is 0 Å². The maximum atomic E-state index is 12.7. The van der Waals surface area contributed by atoms with E-state index in [1.807, 2.05) is 32.0 Å². The molecule has 0 fully saturated rings. The number of aromatic nitrogens is 1. The van der Waals surface area contributed by atoms with Crippen LogP contribution in [0.15, 0.2) is 24.3 Å². The molecule has 4 rings (SSSR count). The lowest BCUT2D eigenvalue weighted by Gasteiger charge is -2.27. The van der Waals surface area contributed by atoms with Crippen LogP contribution in [0.2, 0.25) is 0 Å². The standard InChI is InChI=1S/C20H18N4O3S/c1-10-8-11(2)22-20-15(10)16-17(28-20)19(25)24-18(23-16)12-4-5-13(27-7-6-21)14(9-12)26-3/h4-5,8-9,18,23H,7H2,1-3H3,(H,24,25). The van der Waals surface area contributed by atoms with E-state index in [0.29, 0.717) is 16.4 Å².